The number of nitrogens with one attached hydrogen (secondary N) is 2. The lowest BCUT2D eigenvalue weighted by Crippen LogP contribution is -2.20. The summed E-state index contributed by atoms with van der Waals surface area (Å²) in [4.78, 5) is 35.8. The predicted octanol–water partition coefficient (Wildman–Crippen LogP) is 4.99. The first-order chi connectivity index (χ1) is 14.8. The van der Waals surface area contributed by atoms with Crippen molar-refractivity contribution in [1.82, 2.24) is 5.32 Å². The van der Waals surface area contributed by atoms with Crippen molar-refractivity contribution < 1.29 is 23.9 Å². The Kier molecular flexibility index (Phi) is 7.84. The number of carbonyl (C=O) groups is 3. The van der Waals surface area contributed by atoms with Gasteiger partial charge in [-0.15, -0.1) is 0 Å². The minimum absolute atomic E-state index is 0.227. The van der Waals surface area contributed by atoms with Crippen LogP contribution in [-0.2, 0) is 9.59 Å². The second-order valence-corrected chi connectivity index (χ2v) is 9.00. The zero-order valence-electron chi connectivity index (χ0n) is 16.6. The van der Waals surface area contributed by atoms with E-state index in [1.54, 1.807) is 30.3 Å². The van der Waals surface area contributed by atoms with Crippen molar-refractivity contribution in [3.63, 3.8) is 0 Å². The zero-order chi connectivity index (χ0) is 22.5. The number of hydrogen-bond acceptors (Lipinski definition) is 6. The second-order valence-electron chi connectivity index (χ2n) is 6.42. The van der Waals surface area contributed by atoms with Crippen molar-refractivity contribution in [1.29, 1.82) is 0 Å². The van der Waals surface area contributed by atoms with Gasteiger partial charge in [0.15, 0.2) is 18.1 Å². The number of amides is 3. The second kappa shape index (κ2) is 10.4. The van der Waals surface area contributed by atoms with E-state index in [-0.39, 0.29) is 12.5 Å². The first kappa shape index (κ1) is 23.4. The molecule has 0 atom stereocenters. The van der Waals surface area contributed by atoms with Crippen molar-refractivity contribution >= 4 is 74.8 Å². The lowest BCUT2D eigenvalue weighted by atomic mass is 10.2. The maximum atomic E-state index is 12.3. The van der Waals surface area contributed by atoms with Gasteiger partial charge in [0.05, 0.1) is 15.1 Å². The number of carbonyl (C=O) groups excluding carboxylic acids is 3. The Labute approximate surface area is 202 Å². The van der Waals surface area contributed by atoms with E-state index in [0.717, 1.165) is 17.3 Å². The number of rotatable bonds is 7. The van der Waals surface area contributed by atoms with Crippen LogP contribution in [0.1, 0.15) is 18.1 Å². The lowest BCUT2D eigenvalue weighted by Gasteiger charge is -2.15. The summed E-state index contributed by atoms with van der Waals surface area (Å²) >= 11 is 9.00. The maximum Gasteiger partial charge on any atom is 0.290 e. The SMILES string of the molecule is CCOc1cc(/C=C2\SC(=O)NC2=O)cc(I)c1OCC(=O)Nc1ccc(C)c(Cl)c1. The predicted molar refractivity (Wildman–Crippen MR) is 130 cm³/mol. The Morgan fingerprint density at radius 3 is 2.68 bits per heavy atom. The number of benzene rings is 2. The topological polar surface area (TPSA) is 93.7 Å². The minimum Gasteiger partial charge on any atom is -0.490 e. The van der Waals surface area contributed by atoms with Crippen molar-refractivity contribution in [2.75, 3.05) is 18.5 Å². The highest BCUT2D eigenvalue weighted by atomic mass is 127. The Morgan fingerprint density at radius 1 is 1.26 bits per heavy atom. The minimum atomic E-state index is -0.434. The highest BCUT2D eigenvalue weighted by molar-refractivity contribution is 14.1. The molecule has 10 heteroatoms. The molecule has 0 aliphatic carbocycles. The molecule has 1 aliphatic rings. The summed E-state index contributed by atoms with van der Waals surface area (Å²) in [6.45, 7) is 3.86. The smallest absolute Gasteiger partial charge is 0.290 e. The summed E-state index contributed by atoms with van der Waals surface area (Å²) in [5.41, 5.74) is 2.17. The Hall–Kier alpha value is -2.24. The van der Waals surface area contributed by atoms with Gasteiger partial charge in [-0.25, -0.2) is 0 Å². The highest BCUT2D eigenvalue weighted by Gasteiger charge is 2.25. The fraction of sp³-hybridized carbons (Fsp3) is 0.190. The van der Waals surface area contributed by atoms with E-state index in [0.29, 0.717) is 42.9 Å². The zero-order valence-corrected chi connectivity index (χ0v) is 20.3. The van der Waals surface area contributed by atoms with Gasteiger partial charge in [-0.2, -0.15) is 0 Å². The third-order valence-electron chi connectivity index (χ3n) is 4.07. The van der Waals surface area contributed by atoms with Gasteiger partial charge in [-0.3, -0.25) is 19.7 Å². The first-order valence-corrected chi connectivity index (χ1v) is 11.4. The van der Waals surface area contributed by atoms with E-state index in [1.165, 1.54) is 0 Å². The molecule has 1 aliphatic heterocycles. The summed E-state index contributed by atoms with van der Waals surface area (Å²) in [6, 6.07) is 8.73. The van der Waals surface area contributed by atoms with Crippen LogP contribution in [0, 0.1) is 10.5 Å². The molecule has 2 aromatic rings. The molecule has 0 spiro atoms. The summed E-state index contributed by atoms with van der Waals surface area (Å²) in [5, 5.41) is 5.11. The molecule has 0 aromatic heterocycles. The van der Waals surface area contributed by atoms with Crippen molar-refractivity contribution in [3.05, 3.63) is 55.0 Å². The number of anilines is 1. The molecule has 0 bridgehead atoms. The van der Waals surface area contributed by atoms with Gasteiger partial charge < -0.3 is 14.8 Å². The summed E-state index contributed by atoms with van der Waals surface area (Å²) in [5.74, 6) is 0.0709. The number of ether oxygens (including phenoxy) is 2. The molecular weight excluding hydrogens is 555 g/mol. The van der Waals surface area contributed by atoms with Gasteiger partial charge in [0.2, 0.25) is 0 Å². The van der Waals surface area contributed by atoms with Crippen LogP contribution in [0.15, 0.2) is 35.2 Å². The molecule has 1 saturated heterocycles. The molecule has 7 nitrogen and oxygen atoms in total. The Morgan fingerprint density at radius 2 is 2.03 bits per heavy atom. The van der Waals surface area contributed by atoms with E-state index >= 15 is 0 Å². The quantitative estimate of drug-likeness (QED) is 0.359. The van der Waals surface area contributed by atoms with Gasteiger partial charge in [0.25, 0.3) is 17.1 Å². The molecule has 2 N–H and O–H groups in total. The number of thioether (sulfide) groups is 1. The normalized spacial score (nSPS) is 14.5. The van der Waals surface area contributed by atoms with Crippen LogP contribution < -0.4 is 20.1 Å². The fourth-order valence-electron chi connectivity index (χ4n) is 2.65. The van der Waals surface area contributed by atoms with E-state index in [2.05, 4.69) is 33.2 Å². The highest BCUT2D eigenvalue weighted by Crippen LogP contribution is 2.36. The third kappa shape index (κ3) is 6.14. The molecule has 0 saturated carbocycles. The Balaban J connectivity index is 1.75. The van der Waals surface area contributed by atoms with Crippen molar-refractivity contribution in [3.8, 4) is 11.5 Å². The van der Waals surface area contributed by atoms with Crippen LogP contribution in [0.2, 0.25) is 5.02 Å². The number of halogens is 2. The van der Waals surface area contributed by atoms with Crippen LogP contribution in [0.25, 0.3) is 6.08 Å². The molecule has 3 rings (SSSR count). The molecule has 162 valence electrons. The molecule has 31 heavy (non-hydrogen) atoms. The van der Waals surface area contributed by atoms with Crippen LogP contribution in [-0.4, -0.2) is 30.3 Å². The van der Waals surface area contributed by atoms with Gasteiger partial charge in [0.1, 0.15) is 0 Å². The average molecular weight is 573 g/mol. The van der Waals surface area contributed by atoms with Crippen molar-refractivity contribution in [2.45, 2.75) is 13.8 Å². The molecular formula is C21H18ClIN2O5S. The monoisotopic (exact) mass is 572 g/mol. The summed E-state index contributed by atoms with van der Waals surface area (Å²) in [7, 11) is 0. The van der Waals surface area contributed by atoms with Gasteiger partial charge in [-0.1, -0.05) is 17.7 Å². The maximum absolute atomic E-state index is 12.3. The number of hydrogen-bond donors (Lipinski definition) is 2. The van der Waals surface area contributed by atoms with Crippen LogP contribution in [0.3, 0.4) is 0 Å². The van der Waals surface area contributed by atoms with Crippen LogP contribution in [0.4, 0.5) is 10.5 Å². The standard InChI is InChI=1S/C21H18ClIN2O5S/c1-3-29-16-7-12(8-17-20(27)25-21(28)31-17)6-15(23)19(16)30-10-18(26)24-13-5-4-11(2)14(22)9-13/h4-9H,3,10H2,1-2H3,(H,24,26)(H,25,27,28)/b17-8-. The number of aryl methyl sites for hydroxylation is 1. The fourth-order valence-corrected chi connectivity index (χ4v) is 4.30. The average Bonchev–Trinajstić information content (AvgIpc) is 3.01. The molecule has 1 heterocycles. The van der Waals surface area contributed by atoms with E-state index in [1.807, 2.05) is 19.9 Å². The van der Waals surface area contributed by atoms with Crippen LogP contribution in [0.5, 0.6) is 11.5 Å². The largest absolute Gasteiger partial charge is 0.490 e. The number of imide groups is 1. The van der Waals surface area contributed by atoms with Gasteiger partial charge in [0, 0.05) is 10.7 Å². The molecule has 0 radical (unpaired) electrons. The molecule has 1 fully saturated rings. The molecule has 0 unspecified atom stereocenters. The molecule has 3 amide bonds. The summed E-state index contributed by atoms with van der Waals surface area (Å²) < 4.78 is 12.1. The Bertz CT molecular complexity index is 1090. The van der Waals surface area contributed by atoms with E-state index < -0.39 is 11.1 Å². The summed E-state index contributed by atoms with van der Waals surface area (Å²) in [6.07, 6.45) is 1.60. The van der Waals surface area contributed by atoms with E-state index in [9.17, 15) is 14.4 Å². The van der Waals surface area contributed by atoms with Crippen molar-refractivity contribution in [2.24, 2.45) is 0 Å². The lowest BCUT2D eigenvalue weighted by molar-refractivity contribution is -0.118. The van der Waals surface area contributed by atoms with Gasteiger partial charge >= 0.3 is 0 Å². The van der Waals surface area contributed by atoms with Crippen LogP contribution >= 0.6 is 46.0 Å². The molecule has 2 aromatic carbocycles. The van der Waals surface area contributed by atoms with Gasteiger partial charge in [-0.05, 0) is 89.7 Å². The van der Waals surface area contributed by atoms with E-state index in [4.69, 9.17) is 21.1 Å². The third-order valence-corrected chi connectivity index (χ3v) is 6.09. The first-order valence-electron chi connectivity index (χ1n) is 9.16.